The SMILES string of the molecule is Nc1ccc(-c2ccc3nc(CC(=O)O)cn3n2)cc1. The summed E-state index contributed by atoms with van der Waals surface area (Å²) in [4.78, 5) is 14.9. The standard InChI is InChI=1S/C14H12N4O2/c15-10-3-1-9(2-4-10)12-5-6-13-16-11(7-14(19)20)8-18(13)17-12/h1-6,8H,7,15H2,(H,19,20). The first-order valence-electron chi connectivity index (χ1n) is 6.05. The number of nitrogen functional groups attached to an aromatic ring is 1. The van der Waals surface area contributed by atoms with Crippen LogP contribution in [0.3, 0.4) is 0 Å². The van der Waals surface area contributed by atoms with E-state index in [0.29, 0.717) is 17.0 Å². The van der Waals surface area contributed by atoms with E-state index in [1.54, 1.807) is 10.7 Å². The van der Waals surface area contributed by atoms with Crippen molar-refractivity contribution in [3.05, 3.63) is 48.3 Å². The third-order valence-corrected chi connectivity index (χ3v) is 2.91. The molecule has 100 valence electrons. The van der Waals surface area contributed by atoms with E-state index in [0.717, 1.165) is 11.3 Å². The first-order valence-corrected chi connectivity index (χ1v) is 6.05. The van der Waals surface area contributed by atoms with Crippen molar-refractivity contribution in [2.24, 2.45) is 0 Å². The first-order chi connectivity index (χ1) is 9.61. The Balaban J connectivity index is 2.01. The van der Waals surface area contributed by atoms with Crippen LogP contribution in [0.25, 0.3) is 16.9 Å². The van der Waals surface area contributed by atoms with Crippen LogP contribution < -0.4 is 5.73 Å². The predicted molar refractivity (Wildman–Crippen MR) is 74.2 cm³/mol. The van der Waals surface area contributed by atoms with E-state index in [1.165, 1.54) is 0 Å². The second-order valence-corrected chi connectivity index (χ2v) is 4.45. The fraction of sp³-hybridized carbons (Fsp3) is 0.0714. The van der Waals surface area contributed by atoms with E-state index in [9.17, 15) is 4.79 Å². The number of hydrogen-bond acceptors (Lipinski definition) is 4. The van der Waals surface area contributed by atoms with E-state index in [-0.39, 0.29) is 6.42 Å². The number of anilines is 1. The third-order valence-electron chi connectivity index (χ3n) is 2.91. The summed E-state index contributed by atoms with van der Waals surface area (Å²) in [5.74, 6) is -0.910. The Labute approximate surface area is 114 Å². The first kappa shape index (κ1) is 12.2. The van der Waals surface area contributed by atoms with Gasteiger partial charge in [-0.25, -0.2) is 9.50 Å². The lowest BCUT2D eigenvalue weighted by Crippen LogP contribution is -1.99. The lowest BCUT2D eigenvalue weighted by Gasteiger charge is -2.01. The maximum atomic E-state index is 10.7. The number of nitrogens with two attached hydrogens (primary N) is 1. The van der Waals surface area contributed by atoms with Crippen LogP contribution in [0, 0.1) is 0 Å². The molecular formula is C14H12N4O2. The lowest BCUT2D eigenvalue weighted by atomic mass is 10.1. The maximum absolute atomic E-state index is 10.7. The molecule has 6 heteroatoms. The number of rotatable bonds is 3. The monoisotopic (exact) mass is 268 g/mol. The number of nitrogens with zero attached hydrogens (tertiary/aromatic N) is 3. The second-order valence-electron chi connectivity index (χ2n) is 4.45. The van der Waals surface area contributed by atoms with Crippen molar-refractivity contribution in [1.29, 1.82) is 0 Å². The molecule has 0 aliphatic heterocycles. The number of benzene rings is 1. The molecule has 0 saturated heterocycles. The second kappa shape index (κ2) is 4.65. The minimum absolute atomic E-state index is 0.111. The van der Waals surface area contributed by atoms with Crippen LogP contribution in [0.5, 0.6) is 0 Å². The van der Waals surface area contributed by atoms with Gasteiger partial charge in [0, 0.05) is 11.3 Å². The molecule has 0 radical (unpaired) electrons. The summed E-state index contributed by atoms with van der Waals surface area (Å²) in [5, 5.41) is 13.2. The molecule has 3 rings (SSSR count). The van der Waals surface area contributed by atoms with E-state index in [1.807, 2.05) is 36.4 Å². The van der Waals surface area contributed by atoms with E-state index < -0.39 is 5.97 Å². The van der Waals surface area contributed by atoms with E-state index >= 15 is 0 Å². The van der Waals surface area contributed by atoms with Gasteiger partial charge in [-0.05, 0) is 24.3 Å². The highest BCUT2D eigenvalue weighted by Gasteiger charge is 2.08. The number of imidazole rings is 1. The zero-order valence-electron chi connectivity index (χ0n) is 10.5. The number of hydrogen-bond donors (Lipinski definition) is 2. The van der Waals surface area contributed by atoms with Gasteiger partial charge in [0.1, 0.15) is 0 Å². The molecule has 0 bridgehead atoms. The van der Waals surface area contributed by atoms with Crippen molar-refractivity contribution in [1.82, 2.24) is 14.6 Å². The summed E-state index contributed by atoms with van der Waals surface area (Å²) < 4.78 is 1.59. The van der Waals surface area contributed by atoms with Gasteiger partial charge in [0.15, 0.2) is 5.65 Å². The summed E-state index contributed by atoms with van der Waals surface area (Å²) in [7, 11) is 0. The predicted octanol–water partition coefficient (Wildman–Crippen LogP) is 1.61. The van der Waals surface area contributed by atoms with Crippen LogP contribution in [0.15, 0.2) is 42.6 Å². The molecule has 2 heterocycles. The van der Waals surface area contributed by atoms with Gasteiger partial charge in [-0.15, -0.1) is 0 Å². The van der Waals surface area contributed by atoms with Crippen molar-refractivity contribution >= 4 is 17.3 Å². The summed E-state index contributed by atoms with van der Waals surface area (Å²) in [6, 6.07) is 11.1. The fourth-order valence-corrected chi connectivity index (χ4v) is 1.98. The highest BCUT2D eigenvalue weighted by Crippen LogP contribution is 2.18. The molecule has 0 aliphatic rings. The molecule has 0 saturated carbocycles. The van der Waals surface area contributed by atoms with Crippen molar-refractivity contribution in [2.45, 2.75) is 6.42 Å². The van der Waals surface area contributed by atoms with Crippen LogP contribution >= 0.6 is 0 Å². The molecule has 0 unspecified atom stereocenters. The van der Waals surface area contributed by atoms with Gasteiger partial charge >= 0.3 is 5.97 Å². The van der Waals surface area contributed by atoms with Crippen LogP contribution in [0.2, 0.25) is 0 Å². The molecular weight excluding hydrogens is 256 g/mol. The van der Waals surface area contributed by atoms with Gasteiger partial charge in [0.05, 0.1) is 24.0 Å². The molecule has 0 atom stereocenters. The average Bonchev–Trinajstić information content (AvgIpc) is 2.79. The molecule has 0 spiro atoms. The molecule has 0 amide bonds. The largest absolute Gasteiger partial charge is 0.481 e. The number of carboxylic acid groups (broad SMARTS) is 1. The normalized spacial score (nSPS) is 10.8. The minimum atomic E-state index is -0.910. The van der Waals surface area contributed by atoms with Crippen LogP contribution in [-0.4, -0.2) is 25.7 Å². The Kier molecular flexibility index (Phi) is 2.83. The fourth-order valence-electron chi connectivity index (χ4n) is 1.98. The molecule has 0 aliphatic carbocycles. The van der Waals surface area contributed by atoms with Gasteiger partial charge in [0.2, 0.25) is 0 Å². The number of fused-ring (bicyclic) bond motifs is 1. The Morgan fingerprint density at radius 3 is 2.65 bits per heavy atom. The van der Waals surface area contributed by atoms with Crippen LogP contribution in [0.4, 0.5) is 5.69 Å². The van der Waals surface area contributed by atoms with Gasteiger partial charge in [-0.3, -0.25) is 4.79 Å². The molecule has 0 fully saturated rings. The van der Waals surface area contributed by atoms with Gasteiger partial charge in [-0.1, -0.05) is 12.1 Å². The van der Waals surface area contributed by atoms with E-state index in [2.05, 4.69) is 10.1 Å². The van der Waals surface area contributed by atoms with Crippen LogP contribution in [0.1, 0.15) is 5.69 Å². The molecule has 2 aromatic heterocycles. The third kappa shape index (κ3) is 2.31. The molecule has 1 aromatic carbocycles. The zero-order valence-corrected chi connectivity index (χ0v) is 10.5. The number of aromatic nitrogens is 3. The Hall–Kier alpha value is -2.89. The highest BCUT2D eigenvalue weighted by molar-refractivity contribution is 5.70. The number of aliphatic carboxylic acids is 1. The molecule has 3 N–H and O–H groups in total. The summed E-state index contributed by atoms with van der Waals surface area (Å²) in [6.45, 7) is 0. The van der Waals surface area contributed by atoms with Crippen molar-refractivity contribution < 1.29 is 9.90 Å². The summed E-state index contributed by atoms with van der Waals surface area (Å²) >= 11 is 0. The van der Waals surface area contributed by atoms with Crippen LogP contribution in [-0.2, 0) is 11.2 Å². The summed E-state index contributed by atoms with van der Waals surface area (Å²) in [6.07, 6.45) is 1.52. The topological polar surface area (TPSA) is 93.5 Å². The summed E-state index contributed by atoms with van der Waals surface area (Å²) in [5.41, 5.74) is 9.17. The van der Waals surface area contributed by atoms with Gasteiger partial charge in [-0.2, -0.15) is 5.10 Å². The smallest absolute Gasteiger partial charge is 0.309 e. The zero-order chi connectivity index (χ0) is 14.1. The van der Waals surface area contributed by atoms with Gasteiger partial charge < -0.3 is 10.8 Å². The van der Waals surface area contributed by atoms with E-state index in [4.69, 9.17) is 10.8 Å². The minimum Gasteiger partial charge on any atom is -0.481 e. The average molecular weight is 268 g/mol. The lowest BCUT2D eigenvalue weighted by molar-refractivity contribution is -0.136. The Morgan fingerprint density at radius 2 is 1.95 bits per heavy atom. The Morgan fingerprint density at radius 1 is 1.20 bits per heavy atom. The molecule has 20 heavy (non-hydrogen) atoms. The number of carbonyl (C=O) groups is 1. The quantitative estimate of drug-likeness (QED) is 0.704. The molecule has 6 nitrogen and oxygen atoms in total. The van der Waals surface area contributed by atoms with Gasteiger partial charge in [0.25, 0.3) is 0 Å². The van der Waals surface area contributed by atoms with Crippen molar-refractivity contribution in [3.63, 3.8) is 0 Å². The highest BCUT2D eigenvalue weighted by atomic mass is 16.4. The molecule has 3 aromatic rings. The maximum Gasteiger partial charge on any atom is 0.309 e. The Bertz CT molecular complexity index is 777. The van der Waals surface area contributed by atoms with Crippen molar-refractivity contribution in [3.8, 4) is 11.3 Å². The van der Waals surface area contributed by atoms with Crippen molar-refractivity contribution in [2.75, 3.05) is 5.73 Å². The number of carboxylic acids is 1.